The van der Waals surface area contributed by atoms with Gasteiger partial charge >= 0.3 is 6.01 Å². The van der Waals surface area contributed by atoms with Crippen LogP contribution in [0.3, 0.4) is 0 Å². The lowest BCUT2D eigenvalue weighted by Gasteiger charge is -2.23. The number of phenols is 5. The second kappa shape index (κ2) is 38.3. The number of ether oxygens (including phenoxy) is 1. The molecule has 24 aromatic rings. The van der Waals surface area contributed by atoms with Crippen molar-refractivity contribution in [3.63, 3.8) is 0 Å². The van der Waals surface area contributed by atoms with E-state index in [1.807, 2.05) is 110 Å². The van der Waals surface area contributed by atoms with Crippen LogP contribution in [0, 0.1) is 0 Å². The normalized spacial score (nSPS) is 14.2. The average Bonchev–Trinajstić information content (AvgIpc) is 1.32. The van der Waals surface area contributed by atoms with Gasteiger partial charge in [0.15, 0.2) is 0 Å². The number of hydrogen-bond donors (Lipinski definition) is 11. The van der Waals surface area contributed by atoms with E-state index in [9.17, 15) is 25.5 Å². The largest absolute Gasteiger partial charge is 0.508 e. The van der Waals surface area contributed by atoms with E-state index in [4.69, 9.17) is 9.72 Å². The fourth-order valence-electron chi connectivity index (χ4n) is 24.1. The summed E-state index contributed by atoms with van der Waals surface area (Å²) in [5, 5.41) is 74.0. The first-order valence-electron chi connectivity index (χ1n) is 51.3. The first-order chi connectivity index (χ1) is 71.8. The lowest BCUT2D eigenvalue weighted by molar-refractivity contribution is 0.380. The maximum absolute atomic E-state index is 10.4. The first kappa shape index (κ1) is 90.1. The molecule has 11 N–H and O–H groups in total. The van der Waals surface area contributed by atoms with Crippen LogP contribution in [0.15, 0.2) is 250 Å². The Kier molecular flexibility index (Phi) is 23.6. The van der Waals surface area contributed by atoms with E-state index >= 15 is 0 Å². The molecule has 6 aliphatic rings. The second-order valence-corrected chi connectivity index (χ2v) is 39.5. The minimum Gasteiger partial charge on any atom is -0.508 e. The van der Waals surface area contributed by atoms with Crippen LogP contribution < -0.4 is 4.74 Å². The van der Waals surface area contributed by atoms with E-state index in [0.29, 0.717) is 17.5 Å². The number of aromatic nitrogens is 18. The van der Waals surface area contributed by atoms with E-state index in [-0.39, 0.29) is 17.2 Å². The summed E-state index contributed by atoms with van der Waals surface area (Å²) < 4.78 is 7.18. The van der Waals surface area contributed by atoms with Crippen LogP contribution in [0.25, 0.3) is 199 Å². The van der Waals surface area contributed by atoms with Crippen LogP contribution in [0.2, 0.25) is 0 Å². The molecule has 0 spiro atoms. The number of rotatable bonds is 7. The topological polar surface area (TPSA) is 352 Å². The summed E-state index contributed by atoms with van der Waals surface area (Å²) in [7, 11) is 3.64. The van der Waals surface area contributed by atoms with Gasteiger partial charge in [-0.25, -0.2) is 19.9 Å². The first-order valence-corrected chi connectivity index (χ1v) is 51.3. The van der Waals surface area contributed by atoms with Gasteiger partial charge < -0.3 is 59.8 Å². The van der Waals surface area contributed by atoms with Gasteiger partial charge in [-0.1, -0.05) is 12.5 Å². The third-order valence-electron chi connectivity index (χ3n) is 30.9. The van der Waals surface area contributed by atoms with Crippen molar-refractivity contribution >= 4 is 131 Å². The summed E-state index contributed by atoms with van der Waals surface area (Å²) >= 11 is 0. The molecule has 0 radical (unpaired) electrons. The Bertz CT molecular complexity index is 9010. The van der Waals surface area contributed by atoms with Gasteiger partial charge in [-0.15, -0.1) is 0 Å². The smallest absolute Gasteiger partial charge is 0.316 e. The van der Waals surface area contributed by atoms with Gasteiger partial charge in [-0.3, -0.25) is 24.9 Å². The van der Waals surface area contributed by atoms with E-state index < -0.39 is 0 Å². The molecule has 146 heavy (non-hydrogen) atoms. The van der Waals surface area contributed by atoms with Gasteiger partial charge in [0.1, 0.15) is 39.8 Å². The fourth-order valence-corrected chi connectivity index (χ4v) is 24.1. The second-order valence-electron chi connectivity index (χ2n) is 39.5. The van der Waals surface area contributed by atoms with Crippen molar-refractivity contribution in [3.8, 4) is 102 Å². The summed E-state index contributed by atoms with van der Waals surface area (Å²) in [4.78, 5) is 58.5. The van der Waals surface area contributed by atoms with Crippen molar-refractivity contribution < 1.29 is 30.3 Å². The van der Waals surface area contributed by atoms with Crippen LogP contribution in [0.5, 0.6) is 34.8 Å². The van der Waals surface area contributed by atoms with Gasteiger partial charge in [0.05, 0.1) is 81.2 Å². The number of fused-ring (bicyclic) bond motifs is 30. The number of aryl methyl sites for hydroxylation is 7. The van der Waals surface area contributed by atoms with E-state index in [0.717, 1.165) is 200 Å². The molecule has 24 heteroatoms. The third-order valence-corrected chi connectivity index (χ3v) is 30.9. The number of pyridine rings is 6. The van der Waals surface area contributed by atoms with Crippen LogP contribution in [-0.2, 0) is 84.1 Å². The monoisotopic (exact) mass is 1920 g/mol. The Morgan fingerprint density at radius 3 is 1.12 bits per heavy atom. The van der Waals surface area contributed by atoms with Gasteiger partial charge in [-0.2, -0.15) is 15.4 Å². The zero-order valence-corrected chi connectivity index (χ0v) is 81.4. The maximum Gasteiger partial charge on any atom is 0.316 e. The van der Waals surface area contributed by atoms with Crippen molar-refractivity contribution in [1.82, 2.24) is 89.8 Å². The molecular weight excluding hydrogens is 1810 g/mol. The molecule has 6 aliphatic carbocycles. The molecule has 0 bridgehead atoms. The number of nitrogens with zero attached hydrogens (tertiary/aromatic N) is 12. The highest BCUT2D eigenvalue weighted by Crippen LogP contribution is 2.48. The zero-order chi connectivity index (χ0) is 98.2. The molecule has 14 heterocycles. The molecule has 722 valence electrons. The number of nitrogens with one attached hydrogen (secondary N) is 6. The molecule has 0 aliphatic heterocycles. The summed E-state index contributed by atoms with van der Waals surface area (Å²) in [5.41, 5.74) is 43.6. The number of hydrogen-bond acceptors (Lipinski definition) is 17. The zero-order valence-electron chi connectivity index (χ0n) is 81.4. The Morgan fingerprint density at radius 2 is 0.658 bits per heavy atom. The van der Waals surface area contributed by atoms with Crippen molar-refractivity contribution in [2.75, 3.05) is 7.11 Å². The Hall–Kier alpha value is -17.2. The molecular formula is C122H108N18O6. The Balaban J connectivity index is 0.0000000914. The standard InChI is InChI=1S/C22H20N2O.C21H18N2O2.C21H18N2O.C20H18N4O.C19H16N4O.C19H18N4/c25-15-8-6-14(7-9-15)22-17-5-3-1-2-4-16(17)21-18-12-13-23-19(18)10-11-20(21)24-22;24-12-5-6-16(19(25)11-12)21-14-4-2-1-3-13(14)20-15-9-10-22-17(15)7-8-18(20)23-21;24-15-8-5-13(6-9-15)20-17-4-2-1-3-16(17)19-18(23-20)10-7-14-11-12-22-21(14)19;1-25-20-22-10-12(11-23-20)19-14-5-3-2-4-13(14)18-15-8-9-21-16(15)6-7-17(18)24-19;24-12-7-5-11(6-8-12)18-14-4-2-1-3-13(14)17-15(20-18)9-10-16-19(17)22-23-21-16;1-23-11-20-10-17(23)19-13-5-3-2-4-12(13)18-14-8-9-21-15(14)6-7-16(18)22-19/h6-13,24-25H,1-5H2;5-11,23-25H,1-4H2;5-12,23-24H,1-4H2;6-11,24H,2-5H2,1H3;5-10,24H,1-4H2,(H,21,22,23);6-11,22H,2-5H2,1H3. The highest BCUT2D eigenvalue weighted by molar-refractivity contribution is 6.13. The summed E-state index contributed by atoms with van der Waals surface area (Å²) in [6.45, 7) is 0. The van der Waals surface area contributed by atoms with Gasteiger partial charge in [0, 0.05) is 171 Å². The van der Waals surface area contributed by atoms with Crippen molar-refractivity contribution in [3.05, 3.63) is 317 Å². The quantitative estimate of drug-likeness (QED) is 0.0660. The molecule has 0 amide bonds. The Morgan fingerprint density at radius 1 is 0.288 bits per heavy atom. The predicted molar refractivity (Wildman–Crippen MR) is 582 cm³/mol. The third kappa shape index (κ3) is 16.5. The number of methoxy groups -OCH3 is 1. The number of phenolic OH excluding ortho intramolecular Hbond substituents is 5. The lowest BCUT2D eigenvalue weighted by Crippen LogP contribution is -2.09. The highest BCUT2D eigenvalue weighted by Gasteiger charge is 2.30. The number of benzene rings is 10. The van der Waals surface area contributed by atoms with E-state index in [1.54, 1.807) is 55.6 Å². The van der Waals surface area contributed by atoms with Crippen LogP contribution in [0.1, 0.15) is 150 Å². The maximum atomic E-state index is 10.4. The lowest BCUT2D eigenvalue weighted by atomic mass is 9.85. The van der Waals surface area contributed by atoms with E-state index in [1.165, 1.54) is 232 Å². The molecule has 0 saturated carbocycles. The highest BCUT2D eigenvalue weighted by atomic mass is 16.5. The van der Waals surface area contributed by atoms with Crippen LogP contribution in [0.4, 0.5) is 0 Å². The molecule has 14 aromatic heterocycles. The molecule has 0 fully saturated rings. The van der Waals surface area contributed by atoms with Crippen LogP contribution >= 0.6 is 0 Å². The molecule has 0 unspecified atom stereocenters. The number of aromatic amines is 6. The van der Waals surface area contributed by atoms with Gasteiger partial charge in [0.2, 0.25) is 0 Å². The minimum atomic E-state index is 0.0699. The molecule has 30 rings (SSSR count). The predicted octanol–water partition coefficient (Wildman–Crippen LogP) is 26.8. The number of imidazole rings is 1. The number of aromatic hydroxyl groups is 5. The molecule has 0 saturated heterocycles. The summed E-state index contributed by atoms with van der Waals surface area (Å²) in [6.07, 6.45) is 45.8. The Labute approximate surface area is 839 Å². The average molecular weight is 1920 g/mol. The van der Waals surface area contributed by atoms with Crippen molar-refractivity contribution in [2.24, 2.45) is 7.05 Å². The van der Waals surface area contributed by atoms with Crippen LogP contribution in [-0.4, -0.2) is 122 Å². The molecule has 24 nitrogen and oxygen atoms in total. The summed E-state index contributed by atoms with van der Waals surface area (Å²) in [5.74, 6) is 1.05. The number of H-pyrrole nitrogens is 6. The van der Waals surface area contributed by atoms with Gasteiger partial charge in [-0.05, 0) is 414 Å². The SMILES string of the molecule is COc1ncc(-c2[nH]c3ccc4nccc4c3c3c2CCCC3)cn1.Cn1cncc1-c1[nH]c2ccc3nccc3c2c2c1CCCC2.Oc1ccc(-c2[nH]c3ccc4ccnc4c3c3c2CCCC3)cc1.Oc1ccc(-c2[nH]c3ccc4nccc4c3c3c2CCCC3)c(O)c1.Oc1ccc(-c2[nH]c3ccc4nccc4c3c3c2CCCCC3)cc1.Oc1ccc(-c2nc3ccc4n[nH]nc4c3c3c2CCCC3)cc1. The minimum absolute atomic E-state index is 0.0699. The molecule has 0 atom stereocenters. The van der Waals surface area contributed by atoms with Crippen molar-refractivity contribution in [2.45, 2.75) is 161 Å². The van der Waals surface area contributed by atoms with E-state index in [2.05, 4.69) is 177 Å². The molecule has 10 aromatic carbocycles. The van der Waals surface area contributed by atoms with Gasteiger partial charge in [0.25, 0.3) is 0 Å². The summed E-state index contributed by atoms with van der Waals surface area (Å²) in [6, 6.07) is 63.2. The fraction of sp³-hybridized carbons (Fsp3) is 0.221. The van der Waals surface area contributed by atoms with Crippen molar-refractivity contribution in [1.29, 1.82) is 0 Å².